The molecule has 2 heterocycles. The number of aliphatic hydroxyl groups excluding tert-OH is 1. The zero-order chi connectivity index (χ0) is 29.1. The summed E-state index contributed by atoms with van der Waals surface area (Å²) in [4.78, 5) is 10.0. The van der Waals surface area contributed by atoms with Gasteiger partial charge in [0.2, 0.25) is 0 Å². The van der Waals surface area contributed by atoms with Crippen LogP contribution in [0.25, 0.3) is 11.1 Å². The van der Waals surface area contributed by atoms with Gasteiger partial charge in [-0.25, -0.2) is 0 Å². The van der Waals surface area contributed by atoms with Gasteiger partial charge in [0.25, 0.3) is 0 Å². The van der Waals surface area contributed by atoms with E-state index >= 15 is 0 Å². The van der Waals surface area contributed by atoms with Crippen molar-refractivity contribution in [3.8, 4) is 17.2 Å². The number of nitriles is 1. The number of aliphatic hydroxyl groups is 1. The minimum absolute atomic E-state index is 0.270. The predicted molar refractivity (Wildman–Crippen MR) is 174 cm³/mol. The van der Waals surface area contributed by atoms with E-state index in [0.717, 1.165) is 80.6 Å². The summed E-state index contributed by atoms with van der Waals surface area (Å²) in [7, 11) is 0. The fourth-order valence-electron chi connectivity index (χ4n) is 8.57. The van der Waals surface area contributed by atoms with Gasteiger partial charge in [0.05, 0.1) is 16.9 Å². The van der Waals surface area contributed by atoms with E-state index in [1.165, 1.54) is 59.9 Å². The molecule has 2 aliphatic carbocycles. The molecule has 5 atom stereocenters. The van der Waals surface area contributed by atoms with E-state index in [4.69, 9.17) is 9.98 Å². The van der Waals surface area contributed by atoms with Crippen molar-refractivity contribution in [1.82, 2.24) is 0 Å². The molecule has 6 rings (SSSR count). The molecule has 2 aromatic rings. The van der Waals surface area contributed by atoms with E-state index in [-0.39, 0.29) is 6.61 Å². The maximum atomic E-state index is 10.5. The topological polar surface area (TPSA) is 68.7 Å². The normalized spacial score (nSPS) is 26.9. The van der Waals surface area contributed by atoms with Crippen LogP contribution in [-0.2, 0) is 6.42 Å². The van der Waals surface area contributed by atoms with E-state index in [9.17, 15) is 10.4 Å². The van der Waals surface area contributed by atoms with Gasteiger partial charge in [-0.05, 0) is 114 Å². The minimum Gasteiger partial charge on any atom is -0.396 e. The second kappa shape index (κ2) is 13.3. The number of hydrogen-bond donors (Lipinski definition) is 1. The lowest BCUT2D eigenvalue weighted by molar-refractivity contribution is 0.195. The van der Waals surface area contributed by atoms with E-state index in [1.807, 2.05) is 6.21 Å². The van der Waals surface area contributed by atoms with Crippen molar-refractivity contribution < 1.29 is 5.11 Å². The summed E-state index contributed by atoms with van der Waals surface area (Å²) in [6.07, 6.45) is 20.8. The van der Waals surface area contributed by atoms with Crippen molar-refractivity contribution in [2.75, 3.05) is 6.61 Å². The Morgan fingerprint density at radius 3 is 2.57 bits per heavy atom. The highest BCUT2D eigenvalue weighted by Crippen LogP contribution is 2.49. The van der Waals surface area contributed by atoms with Crippen molar-refractivity contribution in [3.05, 3.63) is 46.5 Å². The second-order valence-corrected chi connectivity index (χ2v) is 13.8. The molecule has 0 saturated heterocycles. The summed E-state index contributed by atoms with van der Waals surface area (Å²) < 4.78 is 0. The molecular weight excluding hydrogens is 514 g/mol. The lowest BCUT2D eigenvalue weighted by atomic mass is 9.73. The van der Waals surface area contributed by atoms with Gasteiger partial charge in [0.15, 0.2) is 0 Å². The number of hydrogen-bond acceptors (Lipinski definition) is 4. The molecule has 0 aromatic heterocycles. The number of nitrogens with zero attached hydrogens (tertiary/aromatic N) is 3. The lowest BCUT2D eigenvalue weighted by Crippen LogP contribution is -2.26. The van der Waals surface area contributed by atoms with Crippen LogP contribution in [0.3, 0.4) is 0 Å². The SMILES string of the molecule is CCC1CC=Nc2c(C#N)c(C3CCCCC(CO)CC3)cc(-c3ccc4c(c3)N=CC(C(C)C3CCCCC3)C4)c21. The van der Waals surface area contributed by atoms with Gasteiger partial charge in [-0.15, -0.1) is 0 Å². The van der Waals surface area contributed by atoms with Crippen molar-refractivity contribution in [1.29, 1.82) is 5.26 Å². The largest absolute Gasteiger partial charge is 0.396 e. The third-order valence-electron chi connectivity index (χ3n) is 11.4. The van der Waals surface area contributed by atoms with Crippen LogP contribution >= 0.6 is 0 Å². The van der Waals surface area contributed by atoms with Crippen molar-refractivity contribution in [2.24, 2.45) is 33.7 Å². The quantitative estimate of drug-likeness (QED) is 0.380. The van der Waals surface area contributed by atoms with Gasteiger partial charge < -0.3 is 5.11 Å². The van der Waals surface area contributed by atoms with Crippen LogP contribution in [0.1, 0.15) is 131 Å². The summed E-state index contributed by atoms with van der Waals surface area (Å²) in [5.74, 6) is 3.13. The Bertz CT molecular complexity index is 1360. The average Bonchev–Trinajstić information content (AvgIpc) is 3.03. The standard InChI is InChI=1S/C38H49N3O/c1-3-27-17-18-40-38-35(22-39)33(29-12-8-7-9-26(24-42)13-14-29)21-34(37(27)38)30-15-16-31-19-32(23-41-36(31)20-30)25(2)28-10-5-4-6-11-28/h15-16,18,20-21,23,25-29,32,42H,3-14,17,19,24H2,1-2H3. The average molecular weight is 564 g/mol. The van der Waals surface area contributed by atoms with Gasteiger partial charge in [0, 0.05) is 25.0 Å². The monoisotopic (exact) mass is 563 g/mol. The first-order valence-corrected chi connectivity index (χ1v) is 17.0. The van der Waals surface area contributed by atoms with E-state index in [1.54, 1.807) is 0 Å². The fraction of sp³-hybridized carbons (Fsp3) is 0.605. The molecule has 5 unspecified atom stereocenters. The number of benzene rings is 2. The van der Waals surface area contributed by atoms with Crippen LogP contribution in [0.2, 0.25) is 0 Å². The summed E-state index contributed by atoms with van der Waals surface area (Å²) >= 11 is 0. The van der Waals surface area contributed by atoms with Crippen LogP contribution < -0.4 is 0 Å². The molecule has 0 amide bonds. The highest BCUT2D eigenvalue weighted by Gasteiger charge is 2.31. The van der Waals surface area contributed by atoms with Crippen molar-refractivity contribution in [2.45, 2.75) is 116 Å². The third kappa shape index (κ3) is 5.87. The number of aliphatic imine (C=N–C) groups is 2. The molecule has 222 valence electrons. The van der Waals surface area contributed by atoms with E-state index < -0.39 is 0 Å². The van der Waals surface area contributed by atoms with Gasteiger partial charge in [-0.3, -0.25) is 9.98 Å². The molecule has 4 aliphatic rings. The van der Waals surface area contributed by atoms with Crippen molar-refractivity contribution >= 4 is 23.8 Å². The van der Waals surface area contributed by atoms with Gasteiger partial charge >= 0.3 is 0 Å². The van der Waals surface area contributed by atoms with Gasteiger partial charge in [-0.1, -0.05) is 70.9 Å². The predicted octanol–water partition coefficient (Wildman–Crippen LogP) is 9.96. The Morgan fingerprint density at radius 1 is 0.976 bits per heavy atom. The van der Waals surface area contributed by atoms with E-state index in [2.05, 4.69) is 50.4 Å². The van der Waals surface area contributed by atoms with Gasteiger partial charge in [-0.2, -0.15) is 5.26 Å². The Hall–Kier alpha value is -2.77. The molecule has 2 aliphatic heterocycles. The molecule has 2 fully saturated rings. The summed E-state index contributed by atoms with van der Waals surface area (Å²) in [5, 5.41) is 20.4. The molecule has 42 heavy (non-hydrogen) atoms. The second-order valence-electron chi connectivity index (χ2n) is 13.8. The highest BCUT2D eigenvalue weighted by atomic mass is 16.3. The van der Waals surface area contributed by atoms with Crippen LogP contribution in [-0.4, -0.2) is 24.1 Å². The van der Waals surface area contributed by atoms with Gasteiger partial charge in [0.1, 0.15) is 6.07 Å². The molecule has 2 saturated carbocycles. The smallest absolute Gasteiger partial charge is 0.102 e. The molecular formula is C38H49N3O. The lowest BCUT2D eigenvalue weighted by Gasteiger charge is -2.33. The number of fused-ring (bicyclic) bond motifs is 2. The molecule has 2 aromatic carbocycles. The van der Waals surface area contributed by atoms with Crippen LogP contribution in [0.5, 0.6) is 0 Å². The van der Waals surface area contributed by atoms with Crippen molar-refractivity contribution in [3.63, 3.8) is 0 Å². The Morgan fingerprint density at radius 2 is 1.79 bits per heavy atom. The fourth-order valence-corrected chi connectivity index (χ4v) is 8.57. The summed E-state index contributed by atoms with van der Waals surface area (Å²) in [5.41, 5.74) is 9.06. The number of rotatable bonds is 6. The zero-order valence-electron chi connectivity index (χ0n) is 25.8. The first kappa shape index (κ1) is 29.3. The van der Waals surface area contributed by atoms with Crippen LogP contribution in [0, 0.1) is 35.0 Å². The Kier molecular flexibility index (Phi) is 9.25. The minimum atomic E-state index is 0.270. The Balaban J connectivity index is 1.38. The maximum Gasteiger partial charge on any atom is 0.102 e. The molecule has 4 heteroatoms. The molecule has 1 N–H and O–H groups in total. The summed E-state index contributed by atoms with van der Waals surface area (Å²) in [6.45, 7) is 4.98. The first-order valence-electron chi connectivity index (χ1n) is 17.0. The van der Waals surface area contributed by atoms with E-state index in [0.29, 0.717) is 29.6 Å². The molecule has 0 bridgehead atoms. The maximum absolute atomic E-state index is 10.5. The summed E-state index contributed by atoms with van der Waals surface area (Å²) in [6, 6.07) is 11.9. The van der Waals surface area contributed by atoms with Crippen LogP contribution in [0.15, 0.2) is 34.3 Å². The first-order chi connectivity index (χ1) is 20.6. The molecule has 4 nitrogen and oxygen atoms in total. The molecule has 0 radical (unpaired) electrons. The third-order valence-corrected chi connectivity index (χ3v) is 11.4. The highest BCUT2D eigenvalue weighted by molar-refractivity contribution is 5.86. The molecule has 0 spiro atoms. The zero-order valence-corrected chi connectivity index (χ0v) is 25.8. The van der Waals surface area contributed by atoms with Crippen LogP contribution in [0.4, 0.5) is 11.4 Å². The Labute approximate surface area is 253 Å².